The average Bonchev–Trinajstić information content (AvgIpc) is 2.57. The highest BCUT2D eigenvalue weighted by molar-refractivity contribution is 9.39. The third-order valence-corrected chi connectivity index (χ3v) is 6.30. The molecule has 2 aromatic heterocycles. The van der Waals surface area contributed by atoms with E-state index >= 15 is 0 Å². The van der Waals surface area contributed by atoms with Crippen molar-refractivity contribution in [3.05, 3.63) is 34.9 Å². The van der Waals surface area contributed by atoms with E-state index in [-0.39, 0.29) is 17.5 Å². The highest BCUT2D eigenvalue weighted by atomic mass is 80.0. The maximum absolute atomic E-state index is 5.62. The first-order chi connectivity index (χ1) is 14.4. The lowest BCUT2D eigenvalue weighted by atomic mass is 10.5. The molecule has 0 amide bonds. The molecule has 2 heterocycles. The van der Waals surface area contributed by atoms with Gasteiger partial charge in [0, 0.05) is 0 Å². The van der Waals surface area contributed by atoms with Crippen LogP contribution in [0.2, 0.25) is 0 Å². The van der Waals surface area contributed by atoms with Crippen molar-refractivity contribution >= 4 is 200 Å². The van der Waals surface area contributed by atoms with Crippen LogP contribution in [0.25, 0.3) is 0 Å². The summed E-state index contributed by atoms with van der Waals surface area (Å²) in [4.78, 5) is 23.8. The van der Waals surface area contributed by atoms with Gasteiger partial charge in [-0.25, -0.2) is 29.9 Å². The van der Waals surface area contributed by atoms with Crippen LogP contribution < -0.4 is 0 Å². The molecule has 0 radical (unpaired) electrons. The van der Waals surface area contributed by atoms with Gasteiger partial charge in [0.15, 0.2) is 33.4 Å². The molecule has 0 spiro atoms. The minimum atomic E-state index is -1.99. The summed E-state index contributed by atoms with van der Waals surface area (Å²) < 4.78 is -7.25. The smallest absolute Gasteiger partial charge is 0.215 e. The summed E-state index contributed by atoms with van der Waals surface area (Å²) in [6.45, 7) is 1.80. The Labute approximate surface area is 283 Å². The number of aromatic nitrogens is 6. The maximum Gasteiger partial charge on any atom is 0.250 e. The van der Waals surface area contributed by atoms with E-state index in [0.717, 1.165) is 0 Å². The lowest BCUT2D eigenvalue weighted by molar-refractivity contribution is 0.789. The first-order valence-corrected chi connectivity index (χ1v) is 15.4. The minimum absolute atomic E-state index is 0.329. The molecule has 186 valence electrons. The predicted octanol–water partition coefficient (Wildman–Crippen LogP) is 10.1. The molecule has 0 bridgehead atoms. The van der Waals surface area contributed by atoms with Crippen LogP contribution >= 0.6 is 200 Å². The van der Waals surface area contributed by atoms with Crippen LogP contribution in [-0.2, 0) is 15.7 Å². The molecular formula is C12H3Br6Cl9N6. The van der Waals surface area contributed by atoms with Crippen LogP contribution in [0, 0.1) is 6.92 Å². The molecule has 0 aromatic carbocycles. The summed E-state index contributed by atoms with van der Waals surface area (Å²) in [5.41, 5.74) is 0. The molecule has 0 fully saturated rings. The van der Waals surface area contributed by atoms with E-state index in [2.05, 4.69) is 125 Å². The van der Waals surface area contributed by atoms with Crippen LogP contribution in [-0.4, -0.2) is 29.9 Å². The van der Waals surface area contributed by atoms with Gasteiger partial charge in [-0.05, 0) is 6.92 Å². The molecule has 2 aromatic rings. The summed E-state index contributed by atoms with van der Waals surface area (Å²) in [5.74, 6) is 0.710. The highest BCUT2D eigenvalue weighted by Gasteiger charge is 2.38. The topological polar surface area (TPSA) is 77.3 Å². The third kappa shape index (κ3) is 12.1. The number of hydrogen-bond donors (Lipinski definition) is 0. The average molecular weight is 1030 g/mol. The molecule has 0 aliphatic carbocycles. The van der Waals surface area contributed by atoms with Gasteiger partial charge in [-0.1, -0.05) is 200 Å². The Morgan fingerprint density at radius 2 is 0.636 bits per heavy atom. The molecule has 0 atom stereocenters. The molecule has 6 nitrogen and oxygen atoms in total. The Kier molecular flexibility index (Phi) is 13.4. The van der Waals surface area contributed by atoms with Crippen molar-refractivity contribution in [1.82, 2.24) is 29.9 Å². The SMILES string of the molecule is Cc1nc(C(Br)(Br)Br)nc(C(Br)(Br)Br)n1.ClC(Cl)(Cl)c1nc(C(Cl)(Cl)Cl)nc(C(Cl)(Cl)Cl)n1. The largest absolute Gasteiger partial charge is 0.250 e. The zero-order valence-corrected chi connectivity index (χ0v) is 31.2. The van der Waals surface area contributed by atoms with E-state index in [9.17, 15) is 0 Å². The standard InChI is InChI=1S/C6H3Br6N3.C6Cl9N3/c1-2-13-3(5(7,8)9)15-4(14-2)6(10,11)12;7-4(8,9)1-16-2(5(10,11)12)18-3(17-1)6(13,14)15/h1H3;. The second-order valence-corrected chi connectivity index (χ2v) is 25.7. The molecule has 21 heteroatoms. The van der Waals surface area contributed by atoms with Crippen LogP contribution in [0.1, 0.15) is 34.9 Å². The molecule has 0 aliphatic heterocycles. The van der Waals surface area contributed by atoms with E-state index in [1.165, 1.54) is 0 Å². The zero-order valence-electron chi connectivity index (χ0n) is 14.9. The van der Waals surface area contributed by atoms with Crippen molar-refractivity contribution in [2.75, 3.05) is 0 Å². The molecule has 33 heavy (non-hydrogen) atoms. The Morgan fingerprint density at radius 1 is 0.424 bits per heavy atom. The lowest BCUT2D eigenvalue weighted by Gasteiger charge is -2.17. The van der Waals surface area contributed by atoms with Gasteiger partial charge in [0.25, 0.3) is 0 Å². The summed E-state index contributed by atoms with van der Waals surface area (Å²) in [5, 5.41) is 0. The molecule has 0 saturated carbocycles. The van der Waals surface area contributed by atoms with Gasteiger partial charge in [0.2, 0.25) is 11.4 Å². The van der Waals surface area contributed by atoms with Crippen LogP contribution in [0.15, 0.2) is 0 Å². The van der Waals surface area contributed by atoms with Gasteiger partial charge in [-0.3, -0.25) is 0 Å². The van der Waals surface area contributed by atoms with Gasteiger partial charge < -0.3 is 0 Å². The zero-order chi connectivity index (χ0) is 26.2. The van der Waals surface area contributed by atoms with E-state index in [1.807, 2.05) is 0 Å². The number of halogens is 15. The molecular weight excluding hydrogens is 1030 g/mol. The van der Waals surface area contributed by atoms with E-state index in [0.29, 0.717) is 17.5 Å². The quantitative estimate of drug-likeness (QED) is 0.245. The fraction of sp³-hybridized carbons (Fsp3) is 0.500. The fourth-order valence-corrected chi connectivity index (χ4v) is 3.32. The molecule has 0 aliphatic rings. The van der Waals surface area contributed by atoms with Crippen molar-refractivity contribution in [3.63, 3.8) is 0 Å². The second-order valence-electron chi connectivity index (χ2n) is 5.32. The van der Waals surface area contributed by atoms with Gasteiger partial charge in [-0.15, -0.1) is 0 Å². The van der Waals surface area contributed by atoms with Crippen LogP contribution in [0.4, 0.5) is 0 Å². The van der Waals surface area contributed by atoms with Gasteiger partial charge in [0.05, 0.1) is 0 Å². The second kappa shape index (κ2) is 12.8. The molecule has 0 N–H and O–H groups in total. The lowest BCUT2D eigenvalue weighted by Crippen LogP contribution is -2.21. The summed E-state index contributed by atoms with van der Waals surface area (Å²) in [6.07, 6.45) is 0. The molecule has 0 saturated heterocycles. The van der Waals surface area contributed by atoms with Crippen LogP contribution in [0.5, 0.6) is 0 Å². The Bertz CT molecular complexity index is 873. The van der Waals surface area contributed by atoms with Crippen molar-refractivity contribution in [3.8, 4) is 0 Å². The minimum Gasteiger partial charge on any atom is -0.215 e. The van der Waals surface area contributed by atoms with Gasteiger partial charge in [0.1, 0.15) is 5.82 Å². The monoisotopic (exact) mass is 1020 g/mol. The van der Waals surface area contributed by atoms with E-state index < -0.39 is 15.7 Å². The number of alkyl halides is 15. The Balaban J connectivity index is 0.000000335. The van der Waals surface area contributed by atoms with Crippen molar-refractivity contribution < 1.29 is 0 Å². The summed E-state index contributed by atoms with van der Waals surface area (Å²) >= 11 is 70.7. The van der Waals surface area contributed by atoms with E-state index in [1.54, 1.807) is 6.92 Å². The van der Waals surface area contributed by atoms with E-state index in [4.69, 9.17) is 104 Å². The number of nitrogens with zero attached hydrogens (tertiary/aromatic N) is 6. The van der Waals surface area contributed by atoms with Gasteiger partial charge in [-0.2, -0.15) is 0 Å². The van der Waals surface area contributed by atoms with Gasteiger partial charge >= 0.3 is 0 Å². The predicted molar refractivity (Wildman–Crippen MR) is 159 cm³/mol. The van der Waals surface area contributed by atoms with Crippen molar-refractivity contribution in [2.24, 2.45) is 0 Å². The Morgan fingerprint density at radius 3 is 0.818 bits per heavy atom. The highest BCUT2D eigenvalue weighted by Crippen LogP contribution is 2.46. The normalized spacial score (nSPS) is 13.5. The summed E-state index contributed by atoms with van der Waals surface area (Å²) in [6, 6.07) is 0. The van der Waals surface area contributed by atoms with Crippen LogP contribution in [0.3, 0.4) is 0 Å². The molecule has 0 unspecified atom stereocenters. The maximum atomic E-state index is 5.62. The first-order valence-electron chi connectivity index (χ1n) is 7.27. The van der Waals surface area contributed by atoms with Crippen molar-refractivity contribution in [1.29, 1.82) is 0 Å². The Hall–Kier alpha value is 3.51. The summed E-state index contributed by atoms with van der Waals surface area (Å²) in [7, 11) is 0. The number of hydrogen-bond acceptors (Lipinski definition) is 6. The first kappa shape index (κ1) is 34.5. The third-order valence-electron chi connectivity index (χ3n) is 2.65. The number of rotatable bonds is 0. The molecule has 2 rings (SSSR count). The number of aryl methyl sites for hydroxylation is 1. The van der Waals surface area contributed by atoms with Crippen molar-refractivity contribution in [2.45, 2.75) is 22.6 Å². The fourth-order valence-electron chi connectivity index (χ4n) is 1.49.